The molecule has 0 unspecified atom stereocenters. The third kappa shape index (κ3) is 1.56. The van der Waals surface area contributed by atoms with Crippen LogP contribution in [0.4, 0.5) is 5.69 Å². The smallest absolute Gasteiger partial charge is 0.170 e. The predicted octanol–water partition coefficient (Wildman–Crippen LogP) is 1.93. The van der Waals surface area contributed by atoms with Crippen LogP contribution >= 0.6 is 0 Å². The maximum absolute atomic E-state index is 9.05. The van der Waals surface area contributed by atoms with Gasteiger partial charge >= 0.3 is 0 Å². The Hall–Kier alpha value is -2.28. The van der Waals surface area contributed by atoms with E-state index in [2.05, 4.69) is 28.6 Å². The normalized spacial score (nSPS) is 12.9. The van der Waals surface area contributed by atoms with Gasteiger partial charge in [0.25, 0.3) is 0 Å². The summed E-state index contributed by atoms with van der Waals surface area (Å²) in [5.74, 6) is 0. The molecule has 84 valence electrons. The van der Waals surface area contributed by atoms with Crippen molar-refractivity contribution in [2.45, 2.75) is 6.42 Å². The Morgan fingerprint density at radius 1 is 1.47 bits per heavy atom. The van der Waals surface area contributed by atoms with E-state index in [1.165, 1.54) is 11.3 Å². The van der Waals surface area contributed by atoms with Crippen molar-refractivity contribution < 1.29 is 0 Å². The molecule has 4 heteroatoms. The van der Waals surface area contributed by atoms with Crippen LogP contribution in [0.2, 0.25) is 0 Å². The van der Waals surface area contributed by atoms with E-state index in [1.54, 1.807) is 4.68 Å². The standard InChI is InChI=1S/C13H12N4/c1-17-8-11(13(7-14)16-17)9-2-3-12-10(6-9)4-5-15-12/h2-3,6,8,15H,4-5H2,1H3. The van der Waals surface area contributed by atoms with E-state index >= 15 is 0 Å². The highest BCUT2D eigenvalue weighted by Crippen LogP contribution is 2.29. The minimum Gasteiger partial charge on any atom is -0.384 e. The summed E-state index contributed by atoms with van der Waals surface area (Å²) >= 11 is 0. The molecule has 1 aromatic carbocycles. The molecule has 1 aliphatic rings. The first-order valence-corrected chi connectivity index (χ1v) is 5.59. The zero-order chi connectivity index (χ0) is 11.8. The minimum atomic E-state index is 0.485. The molecule has 0 atom stereocenters. The molecule has 0 fully saturated rings. The van der Waals surface area contributed by atoms with Crippen LogP contribution in [0.3, 0.4) is 0 Å². The van der Waals surface area contributed by atoms with Gasteiger partial charge in [0.1, 0.15) is 6.07 Å². The molecule has 1 aliphatic heterocycles. The van der Waals surface area contributed by atoms with Crippen LogP contribution in [-0.2, 0) is 13.5 Å². The minimum absolute atomic E-state index is 0.485. The third-order valence-electron chi connectivity index (χ3n) is 3.06. The van der Waals surface area contributed by atoms with Crippen LogP contribution < -0.4 is 5.32 Å². The largest absolute Gasteiger partial charge is 0.384 e. The van der Waals surface area contributed by atoms with Crippen molar-refractivity contribution in [3.63, 3.8) is 0 Å². The lowest BCUT2D eigenvalue weighted by Crippen LogP contribution is -1.90. The fraction of sp³-hybridized carbons (Fsp3) is 0.231. The molecule has 0 saturated carbocycles. The third-order valence-corrected chi connectivity index (χ3v) is 3.06. The van der Waals surface area contributed by atoms with Gasteiger partial charge < -0.3 is 5.32 Å². The average molecular weight is 224 g/mol. The van der Waals surface area contributed by atoms with Crippen molar-refractivity contribution in [2.24, 2.45) is 7.05 Å². The molecule has 0 saturated heterocycles. The molecule has 0 spiro atoms. The van der Waals surface area contributed by atoms with Crippen molar-refractivity contribution in [3.8, 4) is 17.2 Å². The van der Waals surface area contributed by atoms with Crippen molar-refractivity contribution in [1.29, 1.82) is 5.26 Å². The molecule has 0 radical (unpaired) electrons. The first kappa shape index (κ1) is 9.91. The van der Waals surface area contributed by atoms with Gasteiger partial charge in [0.05, 0.1) is 0 Å². The van der Waals surface area contributed by atoms with Crippen LogP contribution in [0.15, 0.2) is 24.4 Å². The topological polar surface area (TPSA) is 53.6 Å². The van der Waals surface area contributed by atoms with Crippen molar-refractivity contribution in [3.05, 3.63) is 35.7 Å². The molecular formula is C13H12N4. The monoisotopic (exact) mass is 224 g/mol. The highest BCUT2D eigenvalue weighted by atomic mass is 15.2. The molecule has 0 amide bonds. The van der Waals surface area contributed by atoms with Gasteiger partial charge in [-0.2, -0.15) is 10.4 Å². The van der Waals surface area contributed by atoms with Gasteiger partial charge in [-0.3, -0.25) is 4.68 Å². The number of hydrogen-bond donors (Lipinski definition) is 1. The van der Waals surface area contributed by atoms with Crippen LogP contribution in [0, 0.1) is 11.3 Å². The second-order valence-corrected chi connectivity index (χ2v) is 4.23. The highest BCUT2D eigenvalue weighted by Gasteiger charge is 2.14. The van der Waals surface area contributed by atoms with Gasteiger partial charge in [-0.05, 0) is 29.7 Å². The van der Waals surface area contributed by atoms with Crippen molar-refractivity contribution >= 4 is 5.69 Å². The number of benzene rings is 1. The summed E-state index contributed by atoms with van der Waals surface area (Å²) in [5, 5.41) is 16.5. The number of rotatable bonds is 1. The quantitative estimate of drug-likeness (QED) is 0.805. The predicted molar refractivity (Wildman–Crippen MR) is 65.6 cm³/mol. The second-order valence-electron chi connectivity index (χ2n) is 4.23. The Morgan fingerprint density at radius 3 is 3.18 bits per heavy atom. The number of aromatic nitrogens is 2. The lowest BCUT2D eigenvalue weighted by atomic mass is 10.0. The molecule has 4 nitrogen and oxygen atoms in total. The molecule has 1 aromatic heterocycles. The van der Waals surface area contributed by atoms with E-state index in [-0.39, 0.29) is 0 Å². The number of anilines is 1. The number of hydrogen-bond acceptors (Lipinski definition) is 3. The Morgan fingerprint density at radius 2 is 2.35 bits per heavy atom. The maximum Gasteiger partial charge on any atom is 0.170 e. The number of aryl methyl sites for hydroxylation is 1. The van der Waals surface area contributed by atoms with Gasteiger partial charge in [0.2, 0.25) is 0 Å². The Balaban J connectivity index is 2.13. The fourth-order valence-electron chi connectivity index (χ4n) is 2.25. The molecule has 0 aliphatic carbocycles. The summed E-state index contributed by atoms with van der Waals surface area (Å²) in [6, 6.07) is 8.39. The molecule has 0 bridgehead atoms. The number of nitriles is 1. The van der Waals surface area contributed by atoms with Crippen LogP contribution in [0.25, 0.3) is 11.1 Å². The van der Waals surface area contributed by atoms with Gasteiger partial charge in [-0.1, -0.05) is 6.07 Å². The van der Waals surface area contributed by atoms with E-state index in [9.17, 15) is 0 Å². The Labute approximate surface area is 99.5 Å². The van der Waals surface area contributed by atoms with E-state index < -0.39 is 0 Å². The van der Waals surface area contributed by atoms with Gasteiger partial charge in [-0.25, -0.2) is 0 Å². The molecule has 3 rings (SSSR count). The number of nitrogens with zero attached hydrogens (tertiary/aromatic N) is 3. The fourth-order valence-corrected chi connectivity index (χ4v) is 2.25. The van der Waals surface area contributed by atoms with Gasteiger partial charge in [-0.15, -0.1) is 0 Å². The van der Waals surface area contributed by atoms with Crippen LogP contribution in [-0.4, -0.2) is 16.3 Å². The average Bonchev–Trinajstić information content (AvgIpc) is 2.93. The Kier molecular flexibility index (Phi) is 2.12. The van der Waals surface area contributed by atoms with Crippen LogP contribution in [0.1, 0.15) is 11.3 Å². The zero-order valence-electron chi connectivity index (χ0n) is 9.57. The summed E-state index contributed by atoms with van der Waals surface area (Å²) in [5.41, 5.74) is 4.98. The number of fused-ring (bicyclic) bond motifs is 1. The summed E-state index contributed by atoms with van der Waals surface area (Å²) in [6.07, 6.45) is 2.94. The summed E-state index contributed by atoms with van der Waals surface area (Å²) < 4.78 is 1.68. The maximum atomic E-state index is 9.05. The SMILES string of the molecule is Cn1cc(-c2ccc3c(c2)CCN3)c(C#N)n1. The molecule has 17 heavy (non-hydrogen) atoms. The molecule has 2 heterocycles. The van der Waals surface area contributed by atoms with E-state index in [0.717, 1.165) is 24.1 Å². The van der Waals surface area contributed by atoms with Gasteiger partial charge in [0, 0.05) is 31.0 Å². The lowest BCUT2D eigenvalue weighted by molar-refractivity contribution is 0.763. The van der Waals surface area contributed by atoms with Crippen molar-refractivity contribution in [1.82, 2.24) is 9.78 Å². The van der Waals surface area contributed by atoms with E-state index in [4.69, 9.17) is 5.26 Å². The lowest BCUT2D eigenvalue weighted by Gasteiger charge is -2.02. The van der Waals surface area contributed by atoms with E-state index in [1.807, 2.05) is 19.3 Å². The summed E-state index contributed by atoms with van der Waals surface area (Å²) in [7, 11) is 1.83. The van der Waals surface area contributed by atoms with Gasteiger partial charge in [0.15, 0.2) is 5.69 Å². The zero-order valence-corrected chi connectivity index (χ0v) is 9.57. The summed E-state index contributed by atoms with van der Waals surface area (Å²) in [6.45, 7) is 0.997. The first-order valence-electron chi connectivity index (χ1n) is 5.59. The van der Waals surface area contributed by atoms with Crippen LogP contribution in [0.5, 0.6) is 0 Å². The number of nitrogens with one attached hydrogen (secondary N) is 1. The van der Waals surface area contributed by atoms with E-state index in [0.29, 0.717) is 5.69 Å². The summed E-state index contributed by atoms with van der Waals surface area (Å²) in [4.78, 5) is 0. The molecule has 2 aromatic rings. The molecule has 1 N–H and O–H groups in total. The first-order chi connectivity index (χ1) is 8.28. The Bertz CT molecular complexity index is 619. The van der Waals surface area contributed by atoms with Crippen molar-refractivity contribution in [2.75, 3.05) is 11.9 Å². The molecular weight excluding hydrogens is 212 g/mol. The highest BCUT2D eigenvalue weighted by molar-refractivity contribution is 5.72. The second kappa shape index (κ2) is 3.63.